The molecule has 94 valence electrons. The largest absolute Gasteiger partial charge is 0.435 e. The van der Waals surface area contributed by atoms with Gasteiger partial charge >= 0.3 is 0 Å². The fourth-order valence-corrected chi connectivity index (χ4v) is 2.20. The van der Waals surface area contributed by atoms with E-state index in [1.165, 1.54) is 0 Å². The van der Waals surface area contributed by atoms with Gasteiger partial charge in [-0.3, -0.25) is 0 Å². The molecule has 6 heteroatoms. The molecule has 3 nitrogen and oxygen atoms in total. The molecular formula is C12H9BrCl2N2O. The van der Waals surface area contributed by atoms with Gasteiger partial charge in [0.2, 0.25) is 0 Å². The summed E-state index contributed by atoms with van der Waals surface area (Å²) in [6, 6.07) is 5.29. The summed E-state index contributed by atoms with van der Waals surface area (Å²) < 4.78 is 6.44. The highest BCUT2D eigenvalue weighted by molar-refractivity contribution is 9.10. The Kier molecular flexibility index (Phi) is 4.10. The van der Waals surface area contributed by atoms with Gasteiger partial charge < -0.3 is 4.74 Å². The molecule has 0 N–H and O–H groups in total. The summed E-state index contributed by atoms with van der Waals surface area (Å²) in [6.07, 6.45) is 0. The van der Waals surface area contributed by atoms with Crippen molar-refractivity contribution >= 4 is 39.1 Å². The van der Waals surface area contributed by atoms with Crippen LogP contribution in [-0.4, -0.2) is 9.97 Å². The van der Waals surface area contributed by atoms with Crippen LogP contribution in [0, 0.1) is 13.8 Å². The Balaban J connectivity index is 2.37. The normalized spacial score (nSPS) is 10.5. The van der Waals surface area contributed by atoms with Crippen molar-refractivity contribution in [3.8, 4) is 11.6 Å². The molecule has 0 aliphatic heterocycles. The van der Waals surface area contributed by atoms with Crippen LogP contribution >= 0.6 is 39.1 Å². The van der Waals surface area contributed by atoms with Crippen molar-refractivity contribution < 1.29 is 4.74 Å². The molecule has 0 amide bonds. The zero-order valence-electron chi connectivity index (χ0n) is 9.67. The van der Waals surface area contributed by atoms with Crippen molar-refractivity contribution in [1.82, 2.24) is 9.97 Å². The van der Waals surface area contributed by atoms with Crippen LogP contribution in [0.3, 0.4) is 0 Å². The lowest BCUT2D eigenvalue weighted by atomic mass is 10.3. The molecular weight excluding hydrogens is 339 g/mol. The second-order valence-corrected chi connectivity index (χ2v) is 5.35. The van der Waals surface area contributed by atoms with Gasteiger partial charge in [0.15, 0.2) is 5.15 Å². The Hall–Kier alpha value is -0.840. The standard InChI is InChI=1S/C12H9BrCl2N2O/c1-6-7(2)17-12(11(15)16-6)18-10-4-3-8(13)5-9(10)14/h3-5H,1-2H3. The lowest BCUT2D eigenvalue weighted by Gasteiger charge is -2.09. The lowest BCUT2D eigenvalue weighted by Crippen LogP contribution is -1.97. The third-order valence-electron chi connectivity index (χ3n) is 2.34. The van der Waals surface area contributed by atoms with E-state index in [9.17, 15) is 0 Å². The maximum atomic E-state index is 6.06. The maximum absolute atomic E-state index is 6.06. The molecule has 18 heavy (non-hydrogen) atoms. The summed E-state index contributed by atoms with van der Waals surface area (Å²) in [4.78, 5) is 8.39. The Morgan fingerprint density at radius 3 is 2.44 bits per heavy atom. The number of hydrogen-bond acceptors (Lipinski definition) is 3. The van der Waals surface area contributed by atoms with Crippen molar-refractivity contribution in [3.63, 3.8) is 0 Å². The Bertz CT molecular complexity index is 605. The average Bonchev–Trinajstić information content (AvgIpc) is 2.29. The highest BCUT2D eigenvalue weighted by atomic mass is 79.9. The number of hydrogen-bond donors (Lipinski definition) is 0. The minimum atomic E-state index is 0.220. The molecule has 1 aromatic heterocycles. The van der Waals surface area contributed by atoms with E-state index in [4.69, 9.17) is 27.9 Å². The van der Waals surface area contributed by atoms with Crippen LogP contribution in [0.2, 0.25) is 10.2 Å². The molecule has 0 spiro atoms. The smallest absolute Gasteiger partial charge is 0.257 e. The van der Waals surface area contributed by atoms with E-state index in [2.05, 4.69) is 25.9 Å². The van der Waals surface area contributed by atoms with Crippen LogP contribution in [0.1, 0.15) is 11.4 Å². The van der Waals surface area contributed by atoms with E-state index >= 15 is 0 Å². The van der Waals surface area contributed by atoms with E-state index < -0.39 is 0 Å². The fraction of sp³-hybridized carbons (Fsp3) is 0.167. The van der Waals surface area contributed by atoms with Crippen LogP contribution in [0.25, 0.3) is 0 Å². The van der Waals surface area contributed by atoms with Gasteiger partial charge in [-0.05, 0) is 32.0 Å². The van der Waals surface area contributed by atoms with Crippen LogP contribution in [-0.2, 0) is 0 Å². The molecule has 0 unspecified atom stereocenters. The number of nitrogens with zero attached hydrogens (tertiary/aromatic N) is 2. The average molecular weight is 348 g/mol. The van der Waals surface area contributed by atoms with Crippen molar-refractivity contribution in [3.05, 3.63) is 44.2 Å². The van der Waals surface area contributed by atoms with Gasteiger partial charge in [0.1, 0.15) is 5.75 Å². The van der Waals surface area contributed by atoms with E-state index in [0.717, 1.165) is 15.9 Å². The minimum Gasteiger partial charge on any atom is -0.435 e. The summed E-state index contributed by atoms with van der Waals surface area (Å²) in [7, 11) is 0. The highest BCUT2D eigenvalue weighted by Gasteiger charge is 2.11. The van der Waals surface area contributed by atoms with Crippen LogP contribution in [0.5, 0.6) is 11.6 Å². The molecule has 0 radical (unpaired) electrons. The van der Waals surface area contributed by atoms with Crippen LogP contribution < -0.4 is 4.74 Å². The predicted octanol–water partition coefficient (Wildman–Crippen LogP) is 4.96. The molecule has 0 bridgehead atoms. The predicted molar refractivity (Wildman–Crippen MR) is 75.7 cm³/mol. The molecule has 0 fully saturated rings. The number of aromatic nitrogens is 2. The molecule has 2 rings (SSSR count). The van der Waals surface area contributed by atoms with Gasteiger partial charge in [0.05, 0.1) is 16.4 Å². The van der Waals surface area contributed by atoms with Gasteiger partial charge in [0, 0.05) is 4.47 Å². The molecule has 0 saturated heterocycles. The monoisotopic (exact) mass is 346 g/mol. The Morgan fingerprint density at radius 2 is 1.78 bits per heavy atom. The first kappa shape index (κ1) is 13.6. The van der Waals surface area contributed by atoms with Gasteiger partial charge in [-0.15, -0.1) is 0 Å². The molecule has 0 aliphatic carbocycles. The molecule has 0 aliphatic rings. The summed E-state index contributed by atoms with van der Waals surface area (Å²) in [5.41, 5.74) is 1.54. The molecule has 1 heterocycles. The van der Waals surface area contributed by atoms with E-state index in [-0.39, 0.29) is 11.0 Å². The van der Waals surface area contributed by atoms with Crippen molar-refractivity contribution in [2.45, 2.75) is 13.8 Å². The first-order chi connectivity index (χ1) is 8.47. The third kappa shape index (κ3) is 2.94. The highest BCUT2D eigenvalue weighted by Crippen LogP contribution is 2.33. The van der Waals surface area contributed by atoms with Crippen LogP contribution in [0.4, 0.5) is 0 Å². The molecule has 2 aromatic rings. The van der Waals surface area contributed by atoms with Crippen molar-refractivity contribution in [1.29, 1.82) is 0 Å². The van der Waals surface area contributed by atoms with Crippen LogP contribution in [0.15, 0.2) is 22.7 Å². The third-order valence-corrected chi connectivity index (χ3v) is 3.37. The number of halogens is 3. The Morgan fingerprint density at radius 1 is 1.11 bits per heavy atom. The van der Waals surface area contributed by atoms with E-state index in [1.807, 2.05) is 19.9 Å². The first-order valence-corrected chi connectivity index (χ1v) is 6.66. The lowest BCUT2D eigenvalue weighted by molar-refractivity contribution is 0.458. The second-order valence-electron chi connectivity index (χ2n) is 3.67. The summed E-state index contributed by atoms with van der Waals surface area (Å²) in [5.74, 6) is 0.739. The van der Waals surface area contributed by atoms with Crippen molar-refractivity contribution in [2.75, 3.05) is 0 Å². The fourth-order valence-electron chi connectivity index (χ4n) is 1.28. The molecule has 1 aromatic carbocycles. The Labute approximate surface area is 123 Å². The zero-order chi connectivity index (χ0) is 13.3. The summed E-state index contributed by atoms with van der Waals surface area (Å²) >= 11 is 15.4. The molecule has 0 atom stereocenters. The van der Waals surface area contributed by atoms with Gasteiger partial charge in [0.25, 0.3) is 5.88 Å². The first-order valence-electron chi connectivity index (χ1n) is 5.11. The quantitative estimate of drug-likeness (QED) is 0.770. The summed E-state index contributed by atoms with van der Waals surface area (Å²) in [6.45, 7) is 3.68. The minimum absolute atomic E-state index is 0.220. The van der Waals surface area contributed by atoms with Gasteiger partial charge in [-0.1, -0.05) is 39.1 Å². The summed E-state index contributed by atoms with van der Waals surface area (Å²) in [5, 5.41) is 0.692. The van der Waals surface area contributed by atoms with Gasteiger partial charge in [-0.2, -0.15) is 0 Å². The number of rotatable bonds is 2. The number of benzene rings is 1. The number of ether oxygens (including phenoxy) is 1. The van der Waals surface area contributed by atoms with Crippen molar-refractivity contribution in [2.24, 2.45) is 0 Å². The second kappa shape index (κ2) is 5.43. The topological polar surface area (TPSA) is 35.0 Å². The van der Waals surface area contributed by atoms with Gasteiger partial charge in [-0.25, -0.2) is 9.97 Å². The molecule has 0 saturated carbocycles. The maximum Gasteiger partial charge on any atom is 0.257 e. The SMILES string of the molecule is Cc1nc(Cl)c(Oc2ccc(Br)cc2Cl)nc1C. The number of aryl methyl sites for hydroxylation is 2. The van der Waals surface area contributed by atoms with E-state index in [1.54, 1.807) is 12.1 Å². The van der Waals surface area contributed by atoms with E-state index in [0.29, 0.717) is 10.8 Å². The zero-order valence-corrected chi connectivity index (χ0v) is 12.8.